The maximum Gasteiger partial charge on any atom is 0.408 e. The van der Waals surface area contributed by atoms with Gasteiger partial charge in [-0.25, -0.2) is 9.18 Å². The molecular formula is C13H17BrFNO3. The van der Waals surface area contributed by atoms with Crippen molar-refractivity contribution >= 4 is 22.0 Å². The molecule has 0 spiro atoms. The molecular weight excluding hydrogens is 317 g/mol. The summed E-state index contributed by atoms with van der Waals surface area (Å²) in [5.74, 6) is -0.625. The molecule has 0 radical (unpaired) electrons. The predicted octanol–water partition coefficient (Wildman–Crippen LogP) is 3.15. The Labute approximate surface area is 122 Å². The molecule has 4 nitrogen and oxygen atoms in total. The molecule has 0 saturated heterocycles. The Kier molecular flexibility index (Phi) is 4.30. The lowest BCUT2D eigenvalue weighted by Crippen LogP contribution is -2.36. The van der Waals surface area contributed by atoms with Crippen LogP contribution < -0.4 is 5.32 Å². The normalized spacial score (nSPS) is 15.3. The molecule has 0 aliphatic heterocycles. The smallest absolute Gasteiger partial charge is 0.408 e. The van der Waals surface area contributed by atoms with E-state index in [4.69, 9.17) is 7.48 Å². The van der Waals surface area contributed by atoms with Crippen molar-refractivity contribution < 1.29 is 21.8 Å². The van der Waals surface area contributed by atoms with Crippen LogP contribution in [0.1, 0.15) is 35.1 Å². The van der Waals surface area contributed by atoms with Crippen molar-refractivity contribution in [2.45, 2.75) is 32.4 Å². The number of nitrogens with one attached hydrogen (secondary N) is 1. The van der Waals surface area contributed by atoms with Crippen LogP contribution in [0.15, 0.2) is 22.7 Å². The van der Waals surface area contributed by atoms with E-state index in [9.17, 15) is 14.3 Å². The Hall–Kier alpha value is -1.14. The van der Waals surface area contributed by atoms with E-state index < -0.39 is 30.1 Å². The van der Waals surface area contributed by atoms with Gasteiger partial charge in [-0.15, -0.1) is 0 Å². The van der Waals surface area contributed by atoms with Gasteiger partial charge in [0.25, 0.3) is 0 Å². The average Bonchev–Trinajstić information content (AvgIpc) is 2.20. The molecule has 0 aliphatic carbocycles. The third kappa shape index (κ3) is 5.57. The fourth-order valence-electron chi connectivity index (χ4n) is 1.36. The Morgan fingerprint density at radius 1 is 1.58 bits per heavy atom. The Morgan fingerprint density at radius 3 is 2.68 bits per heavy atom. The van der Waals surface area contributed by atoms with Crippen molar-refractivity contribution in [1.82, 2.24) is 5.32 Å². The third-order valence-corrected chi connectivity index (χ3v) is 2.47. The van der Waals surface area contributed by atoms with Gasteiger partial charge in [0.15, 0.2) is 0 Å². The fourth-order valence-corrected chi connectivity index (χ4v) is 1.84. The number of aliphatic hydroxyl groups is 1. The highest BCUT2D eigenvalue weighted by Crippen LogP contribution is 2.20. The molecule has 1 aromatic rings. The van der Waals surface area contributed by atoms with Gasteiger partial charge in [-0.1, -0.05) is 15.9 Å². The fraction of sp³-hybridized carbons (Fsp3) is 0.462. The van der Waals surface area contributed by atoms with Crippen LogP contribution in [0.2, 0.25) is 0 Å². The minimum Gasteiger partial charge on any atom is -0.444 e. The molecule has 0 bridgehead atoms. The topological polar surface area (TPSA) is 58.6 Å². The quantitative estimate of drug-likeness (QED) is 0.892. The zero-order valence-electron chi connectivity index (χ0n) is 12.8. The van der Waals surface area contributed by atoms with E-state index in [1.165, 1.54) is 12.1 Å². The van der Waals surface area contributed by atoms with E-state index >= 15 is 0 Å². The molecule has 106 valence electrons. The maximum atomic E-state index is 13.4. The van der Waals surface area contributed by atoms with Crippen LogP contribution in [-0.4, -0.2) is 23.4 Å². The average molecular weight is 336 g/mol. The van der Waals surface area contributed by atoms with Crippen molar-refractivity contribution in [3.63, 3.8) is 0 Å². The van der Waals surface area contributed by atoms with Crippen LogP contribution >= 0.6 is 15.9 Å². The SMILES string of the molecule is [2H]C([2H])(O)[C@H](NC(=O)OC(C)(C)C)c1cc(F)cc(Br)c1. The molecule has 1 aromatic carbocycles. The summed E-state index contributed by atoms with van der Waals surface area (Å²) in [7, 11) is 0. The molecule has 2 N–H and O–H groups in total. The molecule has 19 heavy (non-hydrogen) atoms. The summed E-state index contributed by atoms with van der Waals surface area (Å²) in [6.45, 7) is 2.15. The second-order valence-corrected chi connectivity index (χ2v) is 5.83. The number of carbonyl (C=O) groups is 1. The second kappa shape index (κ2) is 6.34. The monoisotopic (exact) mass is 335 g/mol. The van der Waals surface area contributed by atoms with Crippen molar-refractivity contribution in [2.75, 3.05) is 6.56 Å². The van der Waals surface area contributed by atoms with Crippen LogP contribution in [-0.2, 0) is 4.74 Å². The molecule has 6 heteroatoms. The van der Waals surface area contributed by atoms with E-state index in [-0.39, 0.29) is 5.56 Å². The molecule has 0 saturated carbocycles. The van der Waals surface area contributed by atoms with Gasteiger partial charge in [-0.2, -0.15) is 0 Å². The molecule has 1 amide bonds. The highest BCUT2D eigenvalue weighted by Gasteiger charge is 2.20. The highest BCUT2D eigenvalue weighted by molar-refractivity contribution is 9.10. The highest BCUT2D eigenvalue weighted by atomic mass is 79.9. The van der Waals surface area contributed by atoms with Gasteiger partial charge in [0, 0.05) is 4.47 Å². The number of benzene rings is 1. The van der Waals surface area contributed by atoms with Gasteiger partial charge < -0.3 is 15.2 Å². The molecule has 1 rings (SSSR count). The lowest BCUT2D eigenvalue weighted by Gasteiger charge is -2.23. The minimum atomic E-state index is -2.79. The lowest BCUT2D eigenvalue weighted by atomic mass is 10.1. The van der Waals surface area contributed by atoms with Crippen LogP contribution in [0, 0.1) is 5.82 Å². The molecule has 0 unspecified atom stereocenters. The number of hydrogen-bond donors (Lipinski definition) is 2. The number of amides is 1. The first-order valence-corrected chi connectivity index (χ1v) is 6.36. The van der Waals surface area contributed by atoms with E-state index in [1.54, 1.807) is 20.8 Å². The number of hydrogen-bond acceptors (Lipinski definition) is 3. The zero-order valence-corrected chi connectivity index (χ0v) is 12.4. The molecule has 1 atom stereocenters. The van der Waals surface area contributed by atoms with Gasteiger partial charge in [0.2, 0.25) is 0 Å². The van der Waals surface area contributed by atoms with Crippen molar-refractivity contribution in [2.24, 2.45) is 0 Å². The summed E-state index contributed by atoms with van der Waals surface area (Å²) >= 11 is 3.08. The van der Waals surface area contributed by atoms with Crippen molar-refractivity contribution in [1.29, 1.82) is 0 Å². The van der Waals surface area contributed by atoms with E-state index in [0.29, 0.717) is 4.47 Å². The van der Waals surface area contributed by atoms with Gasteiger partial charge in [-0.05, 0) is 44.5 Å². The summed E-state index contributed by atoms with van der Waals surface area (Å²) in [5, 5.41) is 11.8. The Bertz CT molecular complexity index is 509. The summed E-state index contributed by atoms with van der Waals surface area (Å²) in [5.41, 5.74) is -0.709. The van der Waals surface area contributed by atoms with Crippen LogP contribution in [0.5, 0.6) is 0 Å². The summed E-state index contributed by atoms with van der Waals surface area (Å²) in [4.78, 5) is 11.7. The number of rotatable bonds is 3. The first-order valence-electron chi connectivity index (χ1n) is 6.56. The minimum absolute atomic E-state index is 0.0697. The maximum absolute atomic E-state index is 13.4. The third-order valence-electron chi connectivity index (χ3n) is 2.01. The summed E-state index contributed by atoms with van der Waals surface area (Å²) in [6.07, 6.45) is -0.911. The second-order valence-electron chi connectivity index (χ2n) is 4.91. The Balaban J connectivity index is 3.05. The van der Waals surface area contributed by atoms with Crippen LogP contribution in [0.25, 0.3) is 0 Å². The number of alkyl carbamates (subject to hydrolysis) is 1. The number of halogens is 2. The van der Waals surface area contributed by atoms with E-state index in [0.717, 1.165) is 6.07 Å². The standard InChI is InChI=1S/C13H17BrFNO3/c1-13(2,3)19-12(18)16-11(7-17)8-4-9(14)6-10(15)5-8/h4-6,11,17H,7H2,1-3H3,(H,16,18)/t11-/m0/s1/i7D2. The van der Waals surface area contributed by atoms with Crippen molar-refractivity contribution in [3.8, 4) is 0 Å². The first-order chi connectivity index (χ1) is 9.38. The zero-order chi connectivity index (χ0) is 16.4. The summed E-state index contributed by atoms with van der Waals surface area (Å²) < 4.78 is 33.6. The van der Waals surface area contributed by atoms with Gasteiger partial charge in [0.05, 0.1) is 15.3 Å². The molecule has 0 heterocycles. The van der Waals surface area contributed by atoms with Crippen LogP contribution in [0.4, 0.5) is 9.18 Å². The summed E-state index contributed by atoms with van der Waals surface area (Å²) in [6, 6.07) is 2.14. The molecule has 0 fully saturated rings. The number of carbonyl (C=O) groups excluding carboxylic acids is 1. The van der Waals surface area contributed by atoms with Gasteiger partial charge in [-0.3, -0.25) is 0 Å². The van der Waals surface area contributed by atoms with Crippen LogP contribution in [0.3, 0.4) is 0 Å². The van der Waals surface area contributed by atoms with Crippen molar-refractivity contribution in [3.05, 3.63) is 34.1 Å². The van der Waals surface area contributed by atoms with Gasteiger partial charge >= 0.3 is 6.09 Å². The van der Waals surface area contributed by atoms with E-state index in [1.807, 2.05) is 0 Å². The predicted molar refractivity (Wildman–Crippen MR) is 73.3 cm³/mol. The van der Waals surface area contributed by atoms with Gasteiger partial charge in [0.1, 0.15) is 11.4 Å². The molecule has 0 aliphatic rings. The Morgan fingerprint density at radius 2 is 2.21 bits per heavy atom. The van der Waals surface area contributed by atoms with E-state index in [2.05, 4.69) is 21.2 Å². The molecule has 0 aromatic heterocycles. The first kappa shape index (κ1) is 12.9. The lowest BCUT2D eigenvalue weighted by molar-refractivity contribution is 0.0481. The number of ether oxygens (including phenoxy) is 1. The largest absolute Gasteiger partial charge is 0.444 e.